The van der Waals surface area contributed by atoms with Crippen molar-refractivity contribution in [3.05, 3.63) is 24.3 Å². The Kier molecular flexibility index (Phi) is 3.69. The number of amides is 1. The van der Waals surface area contributed by atoms with Crippen LogP contribution in [-0.4, -0.2) is 31.6 Å². The molecule has 1 amide bonds. The van der Waals surface area contributed by atoms with Crippen molar-refractivity contribution >= 4 is 11.6 Å². The molecule has 0 spiro atoms. The number of para-hydroxylation sites is 2. The molecule has 2 aliphatic rings. The highest BCUT2D eigenvalue weighted by atomic mass is 16.5. The zero-order chi connectivity index (χ0) is 13.1. The Morgan fingerprint density at radius 3 is 3.16 bits per heavy atom. The fourth-order valence-corrected chi connectivity index (χ4v) is 2.86. The number of rotatable bonds is 3. The number of benzene rings is 1. The maximum Gasteiger partial charge on any atom is 0.227 e. The molecule has 1 aromatic rings. The molecule has 2 aliphatic heterocycles. The highest BCUT2D eigenvalue weighted by Crippen LogP contribution is 2.31. The molecule has 19 heavy (non-hydrogen) atoms. The number of ether oxygens (including phenoxy) is 1. The second-order valence-electron chi connectivity index (χ2n) is 5.19. The Morgan fingerprint density at radius 2 is 2.32 bits per heavy atom. The normalized spacial score (nSPS) is 21.9. The van der Waals surface area contributed by atoms with E-state index >= 15 is 0 Å². The molecule has 0 bridgehead atoms. The van der Waals surface area contributed by atoms with E-state index in [-0.39, 0.29) is 5.91 Å². The SMILES string of the molecule is O=C(CCC1CCCN1)N1CCOc2ccccc21. The summed E-state index contributed by atoms with van der Waals surface area (Å²) in [5.41, 5.74) is 0.915. The van der Waals surface area contributed by atoms with Crippen LogP contribution in [0.25, 0.3) is 0 Å². The van der Waals surface area contributed by atoms with Crippen molar-refractivity contribution in [2.24, 2.45) is 0 Å². The average molecular weight is 260 g/mol. The molecule has 1 aromatic carbocycles. The van der Waals surface area contributed by atoms with Gasteiger partial charge in [0.25, 0.3) is 0 Å². The minimum absolute atomic E-state index is 0.212. The first-order valence-corrected chi connectivity index (χ1v) is 7.10. The van der Waals surface area contributed by atoms with Gasteiger partial charge in [-0.25, -0.2) is 0 Å². The molecule has 3 rings (SSSR count). The summed E-state index contributed by atoms with van der Waals surface area (Å²) < 4.78 is 5.58. The fourth-order valence-electron chi connectivity index (χ4n) is 2.86. The van der Waals surface area contributed by atoms with E-state index < -0.39 is 0 Å². The van der Waals surface area contributed by atoms with Crippen LogP contribution >= 0.6 is 0 Å². The number of nitrogens with one attached hydrogen (secondary N) is 1. The summed E-state index contributed by atoms with van der Waals surface area (Å²) in [4.78, 5) is 14.2. The molecule has 102 valence electrons. The van der Waals surface area contributed by atoms with E-state index in [1.807, 2.05) is 29.2 Å². The lowest BCUT2D eigenvalue weighted by Crippen LogP contribution is -2.38. The predicted molar refractivity (Wildman–Crippen MR) is 74.5 cm³/mol. The first-order chi connectivity index (χ1) is 9.34. The maximum absolute atomic E-state index is 12.4. The number of anilines is 1. The lowest BCUT2D eigenvalue weighted by atomic mass is 10.1. The van der Waals surface area contributed by atoms with E-state index in [0.29, 0.717) is 25.6 Å². The van der Waals surface area contributed by atoms with Crippen LogP contribution in [0, 0.1) is 0 Å². The van der Waals surface area contributed by atoms with Crippen LogP contribution < -0.4 is 15.0 Å². The fraction of sp³-hybridized carbons (Fsp3) is 0.533. The minimum Gasteiger partial charge on any atom is -0.490 e. The molecule has 1 saturated heterocycles. The van der Waals surface area contributed by atoms with E-state index in [1.165, 1.54) is 12.8 Å². The number of carbonyl (C=O) groups is 1. The molecule has 4 nitrogen and oxygen atoms in total. The summed E-state index contributed by atoms with van der Waals surface area (Å²) in [5, 5.41) is 3.44. The van der Waals surface area contributed by atoms with Gasteiger partial charge in [0.15, 0.2) is 0 Å². The van der Waals surface area contributed by atoms with Crippen LogP contribution in [0.3, 0.4) is 0 Å². The van der Waals surface area contributed by atoms with E-state index in [1.54, 1.807) is 0 Å². The summed E-state index contributed by atoms with van der Waals surface area (Å²) in [6, 6.07) is 8.30. The molecular formula is C15H20N2O2. The van der Waals surface area contributed by atoms with E-state index in [9.17, 15) is 4.79 Å². The van der Waals surface area contributed by atoms with Gasteiger partial charge < -0.3 is 15.0 Å². The Labute approximate surface area is 113 Å². The molecule has 0 aliphatic carbocycles. The third-order valence-electron chi connectivity index (χ3n) is 3.90. The minimum atomic E-state index is 0.212. The largest absolute Gasteiger partial charge is 0.490 e. The number of hydrogen-bond donors (Lipinski definition) is 1. The van der Waals surface area contributed by atoms with Crippen LogP contribution in [0.15, 0.2) is 24.3 Å². The van der Waals surface area contributed by atoms with Crippen molar-refractivity contribution in [2.75, 3.05) is 24.6 Å². The van der Waals surface area contributed by atoms with Crippen molar-refractivity contribution < 1.29 is 9.53 Å². The zero-order valence-electron chi connectivity index (χ0n) is 11.1. The molecule has 0 aromatic heterocycles. The van der Waals surface area contributed by atoms with Gasteiger partial charge in [0, 0.05) is 12.5 Å². The van der Waals surface area contributed by atoms with Crippen LogP contribution in [0.1, 0.15) is 25.7 Å². The summed E-state index contributed by atoms with van der Waals surface area (Å²) in [7, 11) is 0. The predicted octanol–water partition coefficient (Wildman–Crippen LogP) is 1.94. The van der Waals surface area contributed by atoms with Crippen LogP contribution in [0.5, 0.6) is 5.75 Å². The number of hydrogen-bond acceptors (Lipinski definition) is 3. The molecular weight excluding hydrogens is 240 g/mol. The lowest BCUT2D eigenvalue weighted by Gasteiger charge is -2.29. The standard InChI is InChI=1S/C15H20N2O2/c18-15(8-7-12-4-3-9-16-12)17-10-11-19-14-6-2-1-5-13(14)17/h1-2,5-6,12,16H,3-4,7-11H2. The molecule has 1 unspecified atom stereocenters. The Morgan fingerprint density at radius 1 is 1.42 bits per heavy atom. The third kappa shape index (κ3) is 2.73. The van der Waals surface area contributed by atoms with Crippen LogP contribution in [-0.2, 0) is 4.79 Å². The quantitative estimate of drug-likeness (QED) is 0.903. The van der Waals surface area contributed by atoms with Gasteiger partial charge in [-0.15, -0.1) is 0 Å². The zero-order valence-corrected chi connectivity index (χ0v) is 11.1. The van der Waals surface area contributed by atoms with Gasteiger partial charge in [0.2, 0.25) is 5.91 Å². The molecule has 4 heteroatoms. The van der Waals surface area contributed by atoms with Gasteiger partial charge in [-0.3, -0.25) is 4.79 Å². The van der Waals surface area contributed by atoms with Gasteiger partial charge in [-0.1, -0.05) is 12.1 Å². The monoisotopic (exact) mass is 260 g/mol. The molecule has 0 radical (unpaired) electrons. The number of nitrogens with zero attached hydrogens (tertiary/aromatic N) is 1. The van der Waals surface area contributed by atoms with Crippen molar-refractivity contribution in [3.63, 3.8) is 0 Å². The van der Waals surface area contributed by atoms with E-state index in [4.69, 9.17) is 4.74 Å². The Bertz CT molecular complexity index is 455. The number of fused-ring (bicyclic) bond motifs is 1. The first kappa shape index (κ1) is 12.5. The van der Waals surface area contributed by atoms with E-state index in [0.717, 1.165) is 24.4 Å². The van der Waals surface area contributed by atoms with Gasteiger partial charge in [-0.2, -0.15) is 0 Å². The topological polar surface area (TPSA) is 41.6 Å². The summed E-state index contributed by atoms with van der Waals surface area (Å²) in [6.07, 6.45) is 4.00. The van der Waals surface area contributed by atoms with Gasteiger partial charge >= 0.3 is 0 Å². The smallest absolute Gasteiger partial charge is 0.227 e. The van der Waals surface area contributed by atoms with Gasteiger partial charge in [-0.05, 0) is 37.9 Å². The highest BCUT2D eigenvalue weighted by molar-refractivity contribution is 5.95. The van der Waals surface area contributed by atoms with Crippen molar-refractivity contribution in [1.29, 1.82) is 0 Å². The molecule has 0 saturated carbocycles. The van der Waals surface area contributed by atoms with E-state index in [2.05, 4.69) is 5.32 Å². The Hall–Kier alpha value is -1.55. The second kappa shape index (κ2) is 5.61. The van der Waals surface area contributed by atoms with Crippen LogP contribution in [0.4, 0.5) is 5.69 Å². The molecule has 1 N–H and O–H groups in total. The third-order valence-corrected chi connectivity index (χ3v) is 3.90. The van der Waals surface area contributed by atoms with Crippen molar-refractivity contribution in [2.45, 2.75) is 31.7 Å². The number of carbonyl (C=O) groups excluding carboxylic acids is 1. The molecule has 1 atom stereocenters. The maximum atomic E-state index is 12.4. The molecule has 2 heterocycles. The van der Waals surface area contributed by atoms with Gasteiger partial charge in [0.05, 0.1) is 12.2 Å². The van der Waals surface area contributed by atoms with Gasteiger partial charge in [0.1, 0.15) is 12.4 Å². The van der Waals surface area contributed by atoms with Crippen LogP contribution in [0.2, 0.25) is 0 Å². The first-order valence-electron chi connectivity index (χ1n) is 7.10. The second-order valence-corrected chi connectivity index (χ2v) is 5.19. The highest BCUT2D eigenvalue weighted by Gasteiger charge is 2.24. The Balaban J connectivity index is 1.64. The van der Waals surface area contributed by atoms with Crippen molar-refractivity contribution in [1.82, 2.24) is 5.32 Å². The summed E-state index contributed by atoms with van der Waals surface area (Å²) in [5.74, 6) is 1.03. The lowest BCUT2D eigenvalue weighted by molar-refractivity contribution is -0.119. The average Bonchev–Trinajstić information content (AvgIpc) is 2.97. The molecule has 1 fully saturated rings. The summed E-state index contributed by atoms with van der Waals surface area (Å²) in [6.45, 7) is 2.34. The summed E-state index contributed by atoms with van der Waals surface area (Å²) >= 11 is 0. The van der Waals surface area contributed by atoms with Crippen molar-refractivity contribution in [3.8, 4) is 5.75 Å².